The molecule has 3 nitrogen and oxygen atoms in total. The minimum Gasteiger partial charge on any atom is -0.486 e. The second-order valence-corrected chi connectivity index (χ2v) is 5.93. The summed E-state index contributed by atoms with van der Waals surface area (Å²) in [5.41, 5.74) is 0.736. The molecule has 0 saturated carbocycles. The van der Waals surface area contributed by atoms with Crippen LogP contribution in [0.25, 0.3) is 0 Å². The molecule has 1 aromatic heterocycles. The summed E-state index contributed by atoms with van der Waals surface area (Å²) in [6, 6.07) is 5.00. The van der Waals surface area contributed by atoms with Crippen molar-refractivity contribution in [1.29, 1.82) is 0 Å². The van der Waals surface area contributed by atoms with Gasteiger partial charge >= 0.3 is 0 Å². The van der Waals surface area contributed by atoms with Crippen LogP contribution in [0.15, 0.2) is 18.2 Å². The van der Waals surface area contributed by atoms with Crippen molar-refractivity contribution in [3.63, 3.8) is 0 Å². The molecule has 0 N–H and O–H groups in total. The number of hydrogen-bond donors (Lipinski definition) is 0. The van der Waals surface area contributed by atoms with Crippen LogP contribution in [0, 0.1) is 6.92 Å². The first kappa shape index (κ1) is 14.3. The summed E-state index contributed by atoms with van der Waals surface area (Å²) in [5, 5.41) is 1.78. The van der Waals surface area contributed by atoms with Gasteiger partial charge in [-0.1, -0.05) is 23.2 Å². The summed E-state index contributed by atoms with van der Waals surface area (Å²) < 4.78 is 5.57. The Balaban J connectivity index is 2.10. The van der Waals surface area contributed by atoms with E-state index in [1.54, 1.807) is 18.2 Å². The summed E-state index contributed by atoms with van der Waals surface area (Å²) in [4.78, 5) is 16.3. The van der Waals surface area contributed by atoms with E-state index in [1.807, 2.05) is 6.92 Å². The Morgan fingerprint density at radius 3 is 2.47 bits per heavy atom. The fourth-order valence-corrected chi connectivity index (χ4v) is 2.98. The minimum atomic E-state index is 0.0204. The second kappa shape index (κ2) is 5.90. The normalized spacial score (nSPS) is 10.5. The van der Waals surface area contributed by atoms with E-state index in [0.29, 0.717) is 20.7 Å². The van der Waals surface area contributed by atoms with Crippen molar-refractivity contribution in [2.24, 2.45) is 0 Å². The van der Waals surface area contributed by atoms with Gasteiger partial charge in [0.25, 0.3) is 0 Å². The first-order valence-electron chi connectivity index (χ1n) is 5.52. The Labute approximate surface area is 125 Å². The van der Waals surface area contributed by atoms with Gasteiger partial charge in [0.2, 0.25) is 0 Å². The number of thiazole rings is 1. The van der Waals surface area contributed by atoms with Crippen molar-refractivity contribution in [3.8, 4) is 5.75 Å². The number of benzene rings is 1. The van der Waals surface area contributed by atoms with Gasteiger partial charge in [0.05, 0.1) is 10.6 Å². The van der Waals surface area contributed by atoms with E-state index in [0.717, 1.165) is 10.7 Å². The third kappa shape index (κ3) is 3.69. The number of rotatable bonds is 4. The lowest BCUT2D eigenvalue weighted by Crippen LogP contribution is -1.94. The van der Waals surface area contributed by atoms with E-state index >= 15 is 0 Å². The molecule has 1 aromatic carbocycles. The van der Waals surface area contributed by atoms with E-state index < -0.39 is 0 Å². The highest BCUT2D eigenvalue weighted by molar-refractivity contribution is 7.13. The number of Topliss-reactive ketones (excluding diaryl/α,β-unsaturated/α-hetero) is 1. The highest BCUT2D eigenvalue weighted by atomic mass is 35.5. The molecule has 0 bridgehead atoms. The summed E-state index contributed by atoms with van der Waals surface area (Å²) in [6.45, 7) is 3.63. The summed E-state index contributed by atoms with van der Waals surface area (Å²) in [7, 11) is 0. The Bertz CT molecular complexity index is 605. The van der Waals surface area contributed by atoms with Gasteiger partial charge in [-0.2, -0.15) is 0 Å². The van der Waals surface area contributed by atoms with Crippen LogP contribution in [-0.4, -0.2) is 10.8 Å². The van der Waals surface area contributed by atoms with E-state index in [9.17, 15) is 4.79 Å². The predicted molar refractivity (Wildman–Crippen MR) is 77.6 cm³/mol. The topological polar surface area (TPSA) is 39.2 Å². The number of ketones is 1. The highest BCUT2D eigenvalue weighted by Gasteiger charge is 2.11. The van der Waals surface area contributed by atoms with Gasteiger partial charge in [-0.05, 0) is 25.1 Å². The SMILES string of the molecule is CC(=O)c1sc(COc2cc(Cl)cc(Cl)c2)nc1C. The van der Waals surface area contributed by atoms with Crippen molar-refractivity contribution >= 4 is 40.3 Å². The first-order chi connectivity index (χ1) is 8.95. The zero-order chi connectivity index (χ0) is 14.0. The van der Waals surface area contributed by atoms with Crippen molar-refractivity contribution in [3.05, 3.63) is 43.8 Å². The molecular formula is C13H11Cl2NO2S. The molecule has 0 atom stereocenters. The molecule has 19 heavy (non-hydrogen) atoms. The van der Waals surface area contributed by atoms with Crippen molar-refractivity contribution < 1.29 is 9.53 Å². The summed E-state index contributed by atoms with van der Waals surface area (Å²) in [5.74, 6) is 0.599. The van der Waals surface area contributed by atoms with Crippen LogP contribution in [0.5, 0.6) is 5.75 Å². The number of ether oxygens (including phenoxy) is 1. The zero-order valence-corrected chi connectivity index (χ0v) is 12.7. The summed E-state index contributed by atoms with van der Waals surface area (Å²) >= 11 is 13.1. The van der Waals surface area contributed by atoms with E-state index in [1.165, 1.54) is 18.3 Å². The third-order valence-corrected chi connectivity index (χ3v) is 4.03. The number of carbonyl (C=O) groups is 1. The summed E-state index contributed by atoms with van der Waals surface area (Å²) in [6.07, 6.45) is 0. The molecular weight excluding hydrogens is 305 g/mol. The maximum Gasteiger partial charge on any atom is 0.171 e. The molecule has 0 fully saturated rings. The number of aromatic nitrogens is 1. The van der Waals surface area contributed by atoms with Crippen LogP contribution in [0.3, 0.4) is 0 Å². The number of aryl methyl sites for hydroxylation is 1. The van der Waals surface area contributed by atoms with Gasteiger partial charge in [-0.3, -0.25) is 4.79 Å². The van der Waals surface area contributed by atoms with Crippen LogP contribution in [0.2, 0.25) is 10.0 Å². The monoisotopic (exact) mass is 315 g/mol. The molecule has 0 aliphatic heterocycles. The molecule has 0 amide bonds. The predicted octanol–water partition coefficient (Wildman–Crippen LogP) is 4.54. The molecule has 0 radical (unpaired) electrons. The first-order valence-corrected chi connectivity index (χ1v) is 7.09. The molecule has 2 aromatic rings. The third-order valence-electron chi connectivity index (χ3n) is 2.36. The molecule has 0 aliphatic rings. The van der Waals surface area contributed by atoms with Crippen LogP contribution < -0.4 is 4.74 Å². The molecule has 2 rings (SSSR count). The van der Waals surface area contributed by atoms with Crippen LogP contribution in [0.4, 0.5) is 0 Å². The molecule has 6 heteroatoms. The van der Waals surface area contributed by atoms with Gasteiger partial charge in [0.1, 0.15) is 17.4 Å². The van der Waals surface area contributed by atoms with Gasteiger partial charge in [-0.25, -0.2) is 4.98 Å². The molecule has 1 heterocycles. The Morgan fingerprint density at radius 1 is 1.32 bits per heavy atom. The lowest BCUT2D eigenvalue weighted by Gasteiger charge is -2.04. The fraction of sp³-hybridized carbons (Fsp3) is 0.231. The largest absolute Gasteiger partial charge is 0.486 e. The standard InChI is InChI=1S/C13H11Cl2NO2S/c1-7-13(8(2)17)19-12(16-7)6-18-11-4-9(14)3-10(15)5-11/h3-5H,6H2,1-2H3. The van der Waals surface area contributed by atoms with E-state index in [2.05, 4.69) is 4.98 Å². The quantitative estimate of drug-likeness (QED) is 0.777. The number of nitrogens with zero attached hydrogens (tertiary/aromatic N) is 1. The maximum atomic E-state index is 11.3. The maximum absolute atomic E-state index is 11.3. The minimum absolute atomic E-state index is 0.0204. The average Bonchev–Trinajstić information content (AvgIpc) is 2.67. The lowest BCUT2D eigenvalue weighted by molar-refractivity contribution is 0.102. The van der Waals surface area contributed by atoms with Crippen LogP contribution >= 0.6 is 34.5 Å². The zero-order valence-electron chi connectivity index (χ0n) is 10.4. The number of halogens is 2. The Kier molecular flexibility index (Phi) is 4.45. The molecule has 100 valence electrons. The van der Waals surface area contributed by atoms with Gasteiger partial charge in [0, 0.05) is 17.0 Å². The van der Waals surface area contributed by atoms with Crippen molar-refractivity contribution in [1.82, 2.24) is 4.98 Å². The fourth-order valence-electron chi connectivity index (χ4n) is 1.60. The highest BCUT2D eigenvalue weighted by Crippen LogP contribution is 2.26. The van der Waals surface area contributed by atoms with Crippen molar-refractivity contribution in [2.45, 2.75) is 20.5 Å². The molecule has 0 spiro atoms. The van der Waals surface area contributed by atoms with E-state index in [-0.39, 0.29) is 12.4 Å². The lowest BCUT2D eigenvalue weighted by atomic mass is 10.3. The van der Waals surface area contributed by atoms with Gasteiger partial charge in [0.15, 0.2) is 5.78 Å². The smallest absolute Gasteiger partial charge is 0.171 e. The number of carbonyl (C=O) groups excluding carboxylic acids is 1. The van der Waals surface area contributed by atoms with Crippen LogP contribution in [-0.2, 0) is 6.61 Å². The Hall–Kier alpha value is -1.10. The van der Waals surface area contributed by atoms with Gasteiger partial charge < -0.3 is 4.74 Å². The van der Waals surface area contributed by atoms with Crippen molar-refractivity contribution in [2.75, 3.05) is 0 Å². The molecule has 0 unspecified atom stereocenters. The number of hydrogen-bond acceptors (Lipinski definition) is 4. The van der Waals surface area contributed by atoms with Crippen LogP contribution in [0.1, 0.15) is 27.3 Å². The molecule has 0 saturated heterocycles. The average molecular weight is 316 g/mol. The second-order valence-electron chi connectivity index (χ2n) is 3.97. The van der Waals surface area contributed by atoms with E-state index in [4.69, 9.17) is 27.9 Å². The molecule has 0 aliphatic carbocycles. The Morgan fingerprint density at radius 2 is 1.95 bits per heavy atom. The van der Waals surface area contributed by atoms with Gasteiger partial charge in [-0.15, -0.1) is 11.3 Å².